The van der Waals surface area contributed by atoms with E-state index in [1.165, 1.54) is 25.7 Å². The molecule has 2 aromatic rings. The summed E-state index contributed by atoms with van der Waals surface area (Å²) in [6, 6.07) is 12.2. The van der Waals surface area contributed by atoms with Gasteiger partial charge in [-0.2, -0.15) is 4.98 Å². The lowest BCUT2D eigenvalue weighted by atomic mass is 9.97. The van der Waals surface area contributed by atoms with Crippen molar-refractivity contribution in [1.82, 2.24) is 9.97 Å². The van der Waals surface area contributed by atoms with Crippen molar-refractivity contribution < 1.29 is 0 Å². The normalized spacial score (nSPS) is 14.2. The molecule has 0 spiro atoms. The van der Waals surface area contributed by atoms with E-state index in [0.717, 1.165) is 24.5 Å². The number of nitrogens with zero attached hydrogens (tertiary/aromatic N) is 3. The Hall–Kier alpha value is -2.36. The van der Waals surface area contributed by atoms with Gasteiger partial charge in [-0.05, 0) is 50.3 Å². The first-order chi connectivity index (χ1) is 11.3. The highest BCUT2D eigenvalue weighted by Crippen LogP contribution is 2.22. The lowest BCUT2D eigenvalue weighted by Gasteiger charge is -2.18. The first-order valence-electron chi connectivity index (χ1n) is 8.36. The maximum absolute atomic E-state index is 4.62. The molecular weight excluding hydrogens is 284 g/mol. The lowest BCUT2D eigenvalue weighted by Crippen LogP contribution is -2.13. The van der Waals surface area contributed by atoms with Gasteiger partial charge >= 0.3 is 0 Å². The van der Waals surface area contributed by atoms with Crippen LogP contribution in [0.25, 0.3) is 0 Å². The molecule has 0 atom stereocenters. The molecule has 3 rings (SSSR count). The first kappa shape index (κ1) is 15.5. The Balaban J connectivity index is 1.60. The van der Waals surface area contributed by atoms with Gasteiger partial charge in [0.15, 0.2) is 0 Å². The van der Waals surface area contributed by atoms with Crippen molar-refractivity contribution in [1.29, 1.82) is 0 Å². The number of allylic oxidation sites excluding steroid dienone is 1. The predicted octanol–water partition coefficient (Wildman–Crippen LogP) is 4.55. The van der Waals surface area contributed by atoms with Crippen LogP contribution in [0.3, 0.4) is 0 Å². The molecule has 4 heteroatoms. The minimum Gasteiger partial charge on any atom is -0.354 e. The Morgan fingerprint density at radius 1 is 1.13 bits per heavy atom. The smallest absolute Gasteiger partial charge is 0.224 e. The molecule has 1 aromatic carbocycles. The third-order valence-corrected chi connectivity index (χ3v) is 4.24. The second-order valence-corrected chi connectivity index (χ2v) is 5.92. The van der Waals surface area contributed by atoms with Crippen molar-refractivity contribution in [2.45, 2.75) is 32.1 Å². The highest BCUT2D eigenvalue weighted by atomic mass is 15.2. The van der Waals surface area contributed by atoms with Crippen molar-refractivity contribution >= 4 is 17.5 Å². The van der Waals surface area contributed by atoms with Crippen molar-refractivity contribution in [3.8, 4) is 0 Å². The Morgan fingerprint density at radius 2 is 2.00 bits per heavy atom. The van der Waals surface area contributed by atoms with Crippen LogP contribution in [0.1, 0.15) is 32.1 Å². The summed E-state index contributed by atoms with van der Waals surface area (Å²) in [4.78, 5) is 11.0. The highest BCUT2D eigenvalue weighted by molar-refractivity contribution is 5.59. The standard InChI is InChI=1S/C19H24N4/c1-23(17-10-6-3-7-11-17)18-13-15-21-19(22-18)20-14-12-16-8-4-2-5-9-16/h3,6-8,10-11,13,15H,2,4-5,9,12,14H2,1H3,(H,20,21,22). The van der Waals surface area contributed by atoms with Gasteiger partial charge in [-0.3, -0.25) is 0 Å². The fraction of sp³-hybridized carbons (Fsp3) is 0.368. The molecule has 1 N–H and O–H groups in total. The van der Waals surface area contributed by atoms with Gasteiger partial charge in [-0.1, -0.05) is 29.8 Å². The van der Waals surface area contributed by atoms with Crippen LogP contribution in [-0.4, -0.2) is 23.6 Å². The van der Waals surface area contributed by atoms with Crippen LogP contribution in [0, 0.1) is 0 Å². The highest BCUT2D eigenvalue weighted by Gasteiger charge is 2.07. The fourth-order valence-electron chi connectivity index (χ4n) is 2.87. The SMILES string of the molecule is CN(c1ccccc1)c1ccnc(NCCC2=CCCCC2)n1. The lowest BCUT2D eigenvalue weighted by molar-refractivity contribution is 0.679. The monoisotopic (exact) mass is 308 g/mol. The molecule has 0 radical (unpaired) electrons. The van der Waals surface area contributed by atoms with Gasteiger partial charge in [0, 0.05) is 25.5 Å². The molecule has 0 fully saturated rings. The zero-order valence-electron chi connectivity index (χ0n) is 13.7. The molecule has 0 saturated carbocycles. The van der Waals surface area contributed by atoms with Gasteiger partial charge in [-0.15, -0.1) is 0 Å². The third kappa shape index (κ3) is 4.31. The number of hydrogen-bond acceptors (Lipinski definition) is 4. The fourth-order valence-corrected chi connectivity index (χ4v) is 2.87. The Bertz CT molecular complexity index is 651. The summed E-state index contributed by atoms with van der Waals surface area (Å²) in [5, 5.41) is 3.35. The minimum absolute atomic E-state index is 0.696. The number of benzene rings is 1. The van der Waals surface area contributed by atoms with Gasteiger partial charge in [0.25, 0.3) is 0 Å². The predicted molar refractivity (Wildman–Crippen MR) is 96.2 cm³/mol. The number of rotatable bonds is 6. The second kappa shape index (κ2) is 7.77. The summed E-state index contributed by atoms with van der Waals surface area (Å²) >= 11 is 0. The van der Waals surface area contributed by atoms with E-state index in [1.54, 1.807) is 5.57 Å². The second-order valence-electron chi connectivity index (χ2n) is 5.92. The maximum atomic E-state index is 4.62. The molecule has 0 unspecified atom stereocenters. The van der Waals surface area contributed by atoms with Crippen LogP contribution < -0.4 is 10.2 Å². The Labute approximate surface area is 138 Å². The number of anilines is 3. The van der Waals surface area contributed by atoms with Crippen LogP contribution >= 0.6 is 0 Å². The summed E-state index contributed by atoms with van der Waals surface area (Å²) in [5.74, 6) is 1.59. The van der Waals surface area contributed by atoms with Crippen LogP contribution in [-0.2, 0) is 0 Å². The summed E-state index contributed by atoms with van der Waals surface area (Å²) in [6.45, 7) is 0.893. The van der Waals surface area contributed by atoms with E-state index in [-0.39, 0.29) is 0 Å². The van der Waals surface area contributed by atoms with Gasteiger partial charge < -0.3 is 10.2 Å². The van der Waals surface area contributed by atoms with Crippen molar-refractivity contribution in [2.24, 2.45) is 0 Å². The molecule has 1 aliphatic carbocycles. The molecule has 4 nitrogen and oxygen atoms in total. The largest absolute Gasteiger partial charge is 0.354 e. The zero-order valence-corrected chi connectivity index (χ0v) is 13.7. The molecule has 0 bridgehead atoms. The van der Waals surface area contributed by atoms with Crippen LogP contribution in [0.2, 0.25) is 0 Å². The molecule has 23 heavy (non-hydrogen) atoms. The molecule has 0 saturated heterocycles. The van der Waals surface area contributed by atoms with Crippen LogP contribution in [0.4, 0.5) is 17.5 Å². The van der Waals surface area contributed by atoms with Crippen LogP contribution in [0.15, 0.2) is 54.2 Å². The third-order valence-electron chi connectivity index (χ3n) is 4.24. The van der Waals surface area contributed by atoms with E-state index < -0.39 is 0 Å². The van der Waals surface area contributed by atoms with Gasteiger partial charge in [-0.25, -0.2) is 4.98 Å². The summed E-state index contributed by atoms with van der Waals surface area (Å²) < 4.78 is 0. The number of para-hydroxylation sites is 1. The molecule has 1 aromatic heterocycles. The van der Waals surface area contributed by atoms with E-state index in [0.29, 0.717) is 5.95 Å². The van der Waals surface area contributed by atoms with Gasteiger partial charge in [0.05, 0.1) is 0 Å². The average molecular weight is 308 g/mol. The number of hydrogen-bond donors (Lipinski definition) is 1. The molecule has 120 valence electrons. The summed E-state index contributed by atoms with van der Waals surface area (Å²) in [5.41, 5.74) is 2.69. The minimum atomic E-state index is 0.696. The maximum Gasteiger partial charge on any atom is 0.224 e. The number of aromatic nitrogens is 2. The van der Waals surface area contributed by atoms with E-state index in [4.69, 9.17) is 0 Å². The first-order valence-corrected chi connectivity index (χ1v) is 8.36. The Morgan fingerprint density at radius 3 is 2.78 bits per heavy atom. The molecular formula is C19H24N4. The summed E-state index contributed by atoms with van der Waals surface area (Å²) in [6.07, 6.45) is 10.5. The Kier molecular flexibility index (Phi) is 5.25. The number of nitrogens with one attached hydrogen (secondary N) is 1. The van der Waals surface area contributed by atoms with E-state index in [2.05, 4.69) is 38.4 Å². The topological polar surface area (TPSA) is 41.1 Å². The summed E-state index contributed by atoms with van der Waals surface area (Å²) in [7, 11) is 2.02. The van der Waals surface area contributed by atoms with Crippen molar-refractivity contribution in [3.05, 3.63) is 54.2 Å². The quantitative estimate of drug-likeness (QED) is 0.795. The van der Waals surface area contributed by atoms with E-state index >= 15 is 0 Å². The van der Waals surface area contributed by atoms with Crippen molar-refractivity contribution in [2.75, 3.05) is 23.8 Å². The molecule has 0 aliphatic heterocycles. The molecule has 0 amide bonds. The average Bonchev–Trinajstić information content (AvgIpc) is 2.63. The van der Waals surface area contributed by atoms with E-state index in [1.807, 2.05) is 37.5 Å². The van der Waals surface area contributed by atoms with Crippen molar-refractivity contribution in [3.63, 3.8) is 0 Å². The molecule has 1 aliphatic rings. The van der Waals surface area contributed by atoms with Gasteiger partial charge in [0.2, 0.25) is 5.95 Å². The zero-order chi connectivity index (χ0) is 15.9. The van der Waals surface area contributed by atoms with Gasteiger partial charge in [0.1, 0.15) is 5.82 Å². The van der Waals surface area contributed by atoms with Crippen LogP contribution in [0.5, 0.6) is 0 Å². The molecule has 1 heterocycles. The van der Waals surface area contributed by atoms with E-state index in [9.17, 15) is 0 Å².